The Kier molecular flexibility index (Phi) is 5.87. The van der Waals surface area contributed by atoms with Crippen LogP contribution in [0, 0.1) is 10.1 Å². The predicted molar refractivity (Wildman–Crippen MR) is 127 cm³/mol. The lowest BCUT2D eigenvalue weighted by Gasteiger charge is -2.35. The van der Waals surface area contributed by atoms with Crippen molar-refractivity contribution >= 4 is 40.2 Å². The summed E-state index contributed by atoms with van der Waals surface area (Å²) in [6.45, 7) is 1.83. The van der Waals surface area contributed by atoms with Gasteiger partial charge in [-0.25, -0.2) is 9.97 Å². The molecule has 0 N–H and O–H groups in total. The average Bonchev–Trinajstić information content (AvgIpc) is 3.33. The van der Waals surface area contributed by atoms with Gasteiger partial charge in [-0.2, -0.15) is 4.68 Å². The van der Waals surface area contributed by atoms with Crippen LogP contribution >= 0.6 is 11.6 Å². The van der Waals surface area contributed by atoms with Gasteiger partial charge in [-0.05, 0) is 36.4 Å². The largest absolute Gasteiger partial charge is 0.497 e. The molecule has 0 aliphatic carbocycles. The Labute approximate surface area is 203 Å². The number of nitrogens with zero attached hydrogens (tertiary/aromatic N) is 8. The molecule has 1 fully saturated rings. The Morgan fingerprint density at radius 2 is 1.83 bits per heavy atom. The molecule has 1 aliphatic heterocycles. The maximum atomic E-state index is 12.9. The van der Waals surface area contributed by atoms with Crippen molar-refractivity contribution in [1.29, 1.82) is 0 Å². The number of hydrogen-bond acceptors (Lipinski definition) is 9. The number of halogens is 1. The summed E-state index contributed by atoms with van der Waals surface area (Å²) in [4.78, 5) is 35.9. The normalized spacial score (nSPS) is 13.8. The Morgan fingerprint density at radius 1 is 1.09 bits per heavy atom. The quantitative estimate of drug-likeness (QED) is 0.303. The third kappa shape index (κ3) is 4.19. The number of benzene rings is 2. The van der Waals surface area contributed by atoms with Gasteiger partial charge in [0.25, 0.3) is 11.6 Å². The van der Waals surface area contributed by atoms with Gasteiger partial charge in [0, 0.05) is 37.8 Å². The van der Waals surface area contributed by atoms with E-state index in [1.807, 2.05) is 29.2 Å². The zero-order valence-electron chi connectivity index (χ0n) is 18.5. The number of carbonyl (C=O) groups excluding carboxylic acids is 1. The van der Waals surface area contributed by atoms with E-state index in [0.717, 1.165) is 11.4 Å². The molecule has 178 valence electrons. The monoisotopic (exact) mass is 494 g/mol. The minimum atomic E-state index is -0.601. The van der Waals surface area contributed by atoms with Crippen molar-refractivity contribution < 1.29 is 14.5 Å². The van der Waals surface area contributed by atoms with E-state index < -0.39 is 4.92 Å². The van der Waals surface area contributed by atoms with E-state index in [0.29, 0.717) is 43.2 Å². The van der Waals surface area contributed by atoms with Gasteiger partial charge in [0.2, 0.25) is 0 Å². The lowest BCUT2D eigenvalue weighted by Crippen LogP contribution is -2.49. The van der Waals surface area contributed by atoms with Crippen LogP contribution in [0.4, 0.5) is 11.5 Å². The molecule has 0 atom stereocenters. The van der Waals surface area contributed by atoms with Gasteiger partial charge in [0.05, 0.1) is 17.7 Å². The van der Waals surface area contributed by atoms with Crippen LogP contribution in [0.15, 0.2) is 48.8 Å². The number of fused-ring (bicyclic) bond motifs is 1. The van der Waals surface area contributed by atoms with Gasteiger partial charge < -0.3 is 14.5 Å². The van der Waals surface area contributed by atoms with Crippen LogP contribution in [-0.4, -0.2) is 74.0 Å². The number of nitro groups is 1. The summed E-state index contributed by atoms with van der Waals surface area (Å²) >= 11 is 5.87. The second-order valence-electron chi connectivity index (χ2n) is 7.77. The van der Waals surface area contributed by atoms with Gasteiger partial charge in [0.15, 0.2) is 17.0 Å². The molecule has 4 aromatic rings. The molecule has 3 heterocycles. The van der Waals surface area contributed by atoms with Crippen molar-refractivity contribution in [1.82, 2.24) is 29.9 Å². The fourth-order valence-corrected chi connectivity index (χ4v) is 4.14. The lowest BCUT2D eigenvalue weighted by molar-refractivity contribution is -0.384. The zero-order valence-corrected chi connectivity index (χ0v) is 19.3. The maximum absolute atomic E-state index is 12.9. The molecule has 0 unspecified atom stereocenters. The topological polar surface area (TPSA) is 132 Å². The molecule has 2 aromatic heterocycles. The molecule has 0 saturated carbocycles. The van der Waals surface area contributed by atoms with E-state index in [1.54, 1.807) is 16.7 Å². The summed E-state index contributed by atoms with van der Waals surface area (Å²) in [7, 11) is 1.60. The number of methoxy groups -OCH3 is 1. The predicted octanol–water partition coefficient (Wildman–Crippen LogP) is 2.74. The molecule has 1 amide bonds. The first-order valence-electron chi connectivity index (χ1n) is 10.7. The van der Waals surface area contributed by atoms with E-state index in [9.17, 15) is 14.9 Å². The first-order valence-corrected chi connectivity index (χ1v) is 11.0. The molecule has 12 nitrogen and oxygen atoms in total. The highest BCUT2D eigenvalue weighted by Gasteiger charge is 2.27. The van der Waals surface area contributed by atoms with Crippen LogP contribution < -0.4 is 9.64 Å². The van der Waals surface area contributed by atoms with E-state index in [1.165, 1.54) is 24.5 Å². The highest BCUT2D eigenvalue weighted by molar-refractivity contribution is 6.32. The summed E-state index contributed by atoms with van der Waals surface area (Å²) in [5, 5.41) is 19.7. The summed E-state index contributed by atoms with van der Waals surface area (Å²) in [5.74, 6) is 1.07. The van der Waals surface area contributed by atoms with Gasteiger partial charge in [-0.1, -0.05) is 16.8 Å². The summed E-state index contributed by atoms with van der Waals surface area (Å²) in [6.07, 6.45) is 1.46. The number of aromatic nitrogens is 5. The van der Waals surface area contributed by atoms with Crippen LogP contribution in [0.2, 0.25) is 5.02 Å². The lowest BCUT2D eigenvalue weighted by atomic mass is 10.1. The molecule has 2 aromatic carbocycles. The number of piperazine rings is 1. The van der Waals surface area contributed by atoms with Crippen LogP contribution in [0.1, 0.15) is 10.4 Å². The van der Waals surface area contributed by atoms with E-state index >= 15 is 0 Å². The molecule has 1 aliphatic rings. The summed E-state index contributed by atoms with van der Waals surface area (Å²) in [5.41, 5.74) is 1.83. The molecule has 0 bridgehead atoms. The molecule has 13 heteroatoms. The molecule has 0 radical (unpaired) electrons. The van der Waals surface area contributed by atoms with E-state index in [-0.39, 0.29) is 22.2 Å². The Morgan fingerprint density at radius 3 is 2.51 bits per heavy atom. The average molecular weight is 495 g/mol. The molecular weight excluding hydrogens is 476 g/mol. The summed E-state index contributed by atoms with van der Waals surface area (Å²) in [6, 6.07) is 11.5. The standard InChI is InChI=1S/C22H19ClN8O4/c1-35-16-5-3-15(4-6-16)30-21-19(26-27-30)20(24-13-25-21)28-8-10-29(11-9-28)22(32)14-2-7-17(23)18(12-14)31(33)34/h2-7,12-13H,8-11H2,1H3. The molecule has 35 heavy (non-hydrogen) atoms. The van der Waals surface area contributed by atoms with E-state index in [4.69, 9.17) is 16.3 Å². The Bertz CT molecular complexity index is 1420. The van der Waals surface area contributed by atoms with Gasteiger partial charge in [-0.3, -0.25) is 14.9 Å². The van der Waals surface area contributed by atoms with Gasteiger partial charge in [0.1, 0.15) is 17.1 Å². The fraction of sp³-hybridized carbons (Fsp3) is 0.227. The van der Waals surface area contributed by atoms with Crippen LogP contribution in [0.5, 0.6) is 5.75 Å². The second-order valence-corrected chi connectivity index (χ2v) is 8.18. The van der Waals surface area contributed by atoms with Crippen molar-refractivity contribution in [3.05, 3.63) is 69.5 Å². The van der Waals surface area contributed by atoms with Crippen molar-refractivity contribution in [2.45, 2.75) is 0 Å². The second kappa shape index (κ2) is 9.14. The number of amides is 1. The first-order chi connectivity index (χ1) is 17.0. The SMILES string of the molecule is COc1ccc(-n2nnc3c(N4CCN(C(=O)c5ccc(Cl)c([N+](=O)[O-])c5)CC4)ncnc32)cc1. The molecule has 0 spiro atoms. The highest BCUT2D eigenvalue weighted by atomic mass is 35.5. The number of ether oxygens (including phenoxy) is 1. The molecule has 1 saturated heterocycles. The van der Waals surface area contributed by atoms with Gasteiger partial charge >= 0.3 is 0 Å². The maximum Gasteiger partial charge on any atom is 0.288 e. The third-order valence-electron chi connectivity index (χ3n) is 5.79. The molecule has 5 rings (SSSR count). The number of rotatable bonds is 5. The van der Waals surface area contributed by atoms with Crippen LogP contribution in [0.3, 0.4) is 0 Å². The van der Waals surface area contributed by atoms with Gasteiger partial charge in [-0.15, -0.1) is 5.10 Å². The number of nitro benzene ring substituents is 1. The minimum absolute atomic E-state index is 0.00756. The highest BCUT2D eigenvalue weighted by Crippen LogP contribution is 2.27. The van der Waals surface area contributed by atoms with Crippen molar-refractivity contribution in [2.75, 3.05) is 38.2 Å². The minimum Gasteiger partial charge on any atom is -0.497 e. The van der Waals surface area contributed by atoms with Crippen molar-refractivity contribution in [2.24, 2.45) is 0 Å². The first kappa shape index (κ1) is 22.5. The Hall–Kier alpha value is -4.32. The number of carbonyl (C=O) groups is 1. The van der Waals surface area contributed by atoms with Crippen LogP contribution in [0.25, 0.3) is 16.9 Å². The Balaban J connectivity index is 1.34. The number of anilines is 1. The van der Waals surface area contributed by atoms with Crippen molar-refractivity contribution in [3.8, 4) is 11.4 Å². The van der Waals surface area contributed by atoms with E-state index in [2.05, 4.69) is 20.3 Å². The third-order valence-corrected chi connectivity index (χ3v) is 6.11. The smallest absolute Gasteiger partial charge is 0.288 e. The van der Waals surface area contributed by atoms with Crippen LogP contribution in [-0.2, 0) is 0 Å². The van der Waals surface area contributed by atoms with Crippen molar-refractivity contribution in [3.63, 3.8) is 0 Å². The molecular formula is C22H19ClN8O4. The summed E-state index contributed by atoms with van der Waals surface area (Å²) < 4.78 is 6.84. The fourth-order valence-electron chi connectivity index (χ4n) is 3.96. The zero-order chi connectivity index (χ0) is 24.5. The number of hydrogen-bond donors (Lipinski definition) is 0.